The van der Waals surface area contributed by atoms with Crippen molar-refractivity contribution in [1.82, 2.24) is 9.36 Å². The molecule has 0 aliphatic heterocycles. The second kappa shape index (κ2) is 3.64. The summed E-state index contributed by atoms with van der Waals surface area (Å²) >= 11 is 6.67. The third-order valence-corrected chi connectivity index (χ3v) is 1.74. The van der Waals surface area contributed by atoms with E-state index in [-0.39, 0.29) is 0 Å². The summed E-state index contributed by atoms with van der Waals surface area (Å²) in [5, 5.41) is 0.556. The molecule has 1 rings (SSSR count). The van der Waals surface area contributed by atoms with Gasteiger partial charge in [0.05, 0.1) is 11.7 Å². The zero-order chi connectivity index (χ0) is 8.27. The fraction of sp³-hybridized carbons (Fsp3) is 0.400. The van der Waals surface area contributed by atoms with Crippen molar-refractivity contribution in [3.8, 4) is 0 Å². The number of nitrogens with two attached hydrogens (primary N) is 1. The molecule has 0 aromatic carbocycles. The highest BCUT2D eigenvalue weighted by atomic mass is 35.5. The van der Waals surface area contributed by atoms with Crippen LogP contribution in [0.15, 0.2) is 4.99 Å². The molecule has 4 nitrogen and oxygen atoms in total. The maximum absolute atomic E-state index is 5.48. The van der Waals surface area contributed by atoms with Gasteiger partial charge in [0, 0.05) is 11.5 Å². The quantitative estimate of drug-likeness (QED) is 0.434. The van der Waals surface area contributed by atoms with Crippen LogP contribution in [0.2, 0.25) is 0 Å². The Morgan fingerprint density at radius 2 is 2.55 bits per heavy atom. The van der Waals surface area contributed by atoms with Gasteiger partial charge in [-0.2, -0.15) is 4.37 Å². The number of rotatable bonds is 2. The summed E-state index contributed by atoms with van der Waals surface area (Å²) in [7, 11) is 0. The molecule has 0 aliphatic carbocycles. The lowest BCUT2D eigenvalue weighted by Crippen LogP contribution is -2.03. The molecular weight excluding hydrogens is 184 g/mol. The van der Waals surface area contributed by atoms with Crippen molar-refractivity contribution >= 4 is 34.1 Å². The van der Waals surface area contributed by atoms with Crippen LogP contribution in [-0.2, 0) is 5.88 Å². The molecule has 2 N–H and O–H groups in total. The van der Waals surface area contributed by atoms with Crippen LogP contribution in [0.3, 0.4) is 0 Å². The first-order valence-corrected chi connectivity index (χ1v) is 4.22. The molecule has 0 bridgehead atoms. The topological polar surface area (TPSA) is 64.2 Å². The number of hydrogen-bond acceptors (Lipinski definition) is 4. The average Bonchev–Trinajstić information content (AvgIpc) is 2.34. The van der Waals surface area contributed by atoms with E-state index >= 15 is 0 Å². The van der Waals surface area contributed by atoms with Gasteiger partial charge in [0.1, 0.15) is 0 Å². The van der Waals surface area contributed by atoms with Crippen molar-refractivity contribution in [2.45, 2.75) is 12.8 Å². The van der Waals surface area contributed by atoms with Gasteiger partial charge in [-0.05, 0) is 6.92 Å². The number of aliphatic imine (C=N–C) groups is 1. The van der Waals surface area contributed by atoms with Crippen molar-refractivity contribution in [1.29, 1.82) is 0 Å². The minimum absolute atomic E-state index is 0.315. The number of halogens is 1. The Morgan fingerprint density at radius 3 is 3.00 bits per heavy atom. The number of alkyl halides is 1. The van der Waals surface area contributed by atoms with E-state index in [0.29, 0.717) is 22.7 Å². The Labute approximate surface area is 73.3 Å². The fourth-order valence-corrected chi connectivity index (χ4v) is 1.31. The van der Waals surface area contributed by atoms with Gasteiger partial charge in [-0.1, -0.05) is 0 Å². The molecule has 0 aliphatic rings. The molecule has 0 saturated carbocycles. The highest BCUT2D eigenvalue weighted by Crippen LogP contribution is 2.15. The molecular formula is C5H7ClN4S. The van der Waals surface area contributed by atoms with Crippen molar-refractivity contribution in [2.75, 3.05) is 0 Å². The zero-order valence-electron chi connectivity index (χ0n) is 5.91. The van der Waals surface area contributed by atoms with Gasteiger partial charge in [-0.25, -0.2) is 9.98 Å². The molecule has 0 amide bonds. The number of nitrogens with zero attached hydrogens (tertiary/aromatic N) is 3. The van der Waals surface area contributed by atoms with Crippen molar-refractivity contribution < 1.29 is 0 Å². The van der Waals surface area contributed by atoms with Crippen LogP contribution in [0.5, 0.6) is 0 Å². The molecule has 1 aromatic rings. The maximum Gasteiger partial charge on any atom is 0.230 e. The van der Waals surface area contributed by atoms with Crippen LogP contribution < -0.4 is 5.73 Å². The fourth-order valence-electron chi connectivity index (χ4n) is 0.495. The van der Waals surface area contributed by atoms with Gasteiger partial charge >= 0.3 is 0 Å². The third kappa shape index (κ3) is 2.44. The highest BCUT2D eigenvalue weighted by Gasteiger charge is 1.99. The zero-order valence-corrected chi connectivity index (χ0v) is 7.48. The van der Waals surface area contributed by atoms with Crippen molar-refractivity contribution in [3.05, 3.63) is 5.82 Å². The summed E-state index contributed by atoms with van der Waals surface area (Å²) in [6.07, 6.45) is 0. The van der Waals surface area contributed by atoms with E-state index in [1.807, 2.05) is 0 Å². The molecule has 1 heterocycles. The number of aromatic nitrogens is 2. The first kappa shape index (κ1) is 8.42. The van der Waals surface area contributed by atoms with Gasteiger partial charge in [0.15, 0.2) is 5.82 Å². The summed E-state index contributed by atoms with van der Waals surface area (Å²) < 4.78 is 3.92. The van der Waals surface area contributed by atoms with Crippen molar-refractivity contribution in [3.63, 3.8) is 0 Å². The molecule has 0 atom stereocenters. The smallest absolute Gasteiger partial charge is 0.230 e. The SMILES string of the molecule is C/C(N)=N/c1nc(CCl)ns1. The van der Waals surface area contributed by atoms with E-state index in [2.05, 4.69) is 14.3 Å². The third-order valence-electron chi connectivity index (χ3n) is 0.849. The Bertz CT molecular complexity index is 265. The number of amidine groups is 1. The van der Waals surface area contributed by atoms with Crippen LogP contribution in [0, 0.1) is 0 Å². The van der Waals surface area contributed by atoms with Gasteiger partial charge in [-0.15, -0.1) is 11.6 Å². The molecule has 6 heteroatoms. The van der Waals surface area contributed by atoms with Gasteiger partial charge < -0.3 is 5.73 Å². The van der Waals surface area contributed by atoms with Crippen LogP contribution in [0.25, 0.3) is 0 Å². The predicted octanol–water partition coefficient (Wildman–Crippen LogP) is 1.29. The Morgan fingerprint density at radius 1 is 1.82 bits per heavy atom. The van der Waals surface area contributed by atoms with E-state index in [9.17, 15) is 0 Å². The molecule has 0 unspecified atom stereocenters. The monoisotopic (exact) mass is 190 g/mol. The van der Waals surface area contributed by atoms with E-state index in [4.69, 9.17) is 17.3 Å². The van der Waals surface area contributed by atoms with Gasteiger partial charge in [-0.3, -0.25) is 0 Å². The lowest BCUT2D eigenvalue weighted by Gasteiger charge is -1.83. The van der Waals surface area contributed by atoms with Gasteiger partial charge in [0.2, 0.25) is 5.13 Å². The normalized spacial score (nSPS) is 12.0. The molecule has 0 spiro atoms. The standard InChI is InChI=1S/C5H7ClN4S/c1-3(7)8-5-9-4(2-6)10-11-5/h2H2,1H3,(H2,7,8,9,10). The summed E-state index contributed by atoms with van der Waals surface area (Å²) in [5.41, 5.74) is 5.33. The predicted molar refractivity (Wildman–Crippen MR) is 46.4 cm³/mol. The average molecular weight is 191 g/mol. The Hall–Kier alpha value is -0.680. The van der Waals surface area contributed by atoms with Gasteiger partial charge in [0.25, 0.3) is 0 Å². The second-order valence-corrected chi connectivity index (χ2v) is 2.88. The maximum atomic E-state index is 5.48. The molecule has 0 saturated heterocycles. The van der Waals surface area contributed by atoms with Crippen LogP contribution in [0.4, 0.5) is 5.13 Å². The van der Waals surface area contributed by atoms with E-state index in [0.717, 1.165) is 0 Å². The van der Waals surface area contributed by atoms with E-state index < -0.39 is 0 Å². The summed E-state index contributed by atoms with van der Waals surface area (Å²) in [5.74, 6) is 1.38. The highest BCUT2D eigenvalue weighted by molar-refractivity contribution is 7.09. The minimum Gasteiger partial charge on any atom is -0.387 e. The Balaban J connectivity index is 2.81. The first-order chi connectivity index (χ1) is 5.22. The van der Waals surface area contributed by atoms with E-state index in [1.165, 1.54) is 11.5 Å². The lowest BCUT2D eigenvalue weighted by atomic mass is 10.7. The minimum atomic E-state index is 0.315. The second-order valence-electron chi connectivity index (χ2n) is 1.88. The first-order valence-electron chi connectivity index (χ1n) is 2.91. The summed E-state index contributed by atoms with van der Waals surface area (Å²) in [4.78, 5) is 7.89. The molecule has 0 fully saturated rings. The summed E-state index contributed by atoms with van der Waals surface area (Å²) in [6.45, 7) is 1.70. The Kier molecular flexibility index (Phi) is 2.78. The summed E-state index contributed by atoms with van der Waals surface area (Å²) in [6, 6.07) is 0. The van der Waals surface area contributed by atoms with Crippen LogP contribution >= 0.6 is 23.1 Å². The molecule has 60 valence electrons. The molecule has 11 heavy (non-hydrogen) atoms. The van der Waals surface area contributed by atoms with Crippen molar-refractivity contribution in [2.24, 2.45) is 10.7 Å². The largest absolute Gasteiger partial charge is 0.387 e. The number of hydrogen-bond donors (Lipinski definition) is 1. The van der Waals surface area contributed by atoms with Crippen LogP contribution in [-0.4, -0.2) is 15.2 Å². The van der Waals surface area contributed by atoms with Crippen LogP contribution in [0.1, 0.15) is 12.7 Å². The molecule has 0 radical (unpaired) electrons. The lowest BCUT2D eigenvalue weighted by molar-refractivity contribution is 1.12. The molecule has 1 aromatic heterocycles. The van der Waals surface area contributed by atoms with E-state index in [1.54, 1.807) is 6.92 Å².